The highest BCUT2D eigenvalue weighted by Gasteiger charge is 2.21. The van der Waals surface area contributed by atoms with E-state index in [4.69, 9.17) is 0 Å². The van der Waals surface area contributed by atoms with E-state index in [-0.39, 0.29) is 0 Å². The molecule has 3 heterocycles. The number of benzene rings is 7. The first kappa shape index (κ1) is 29.5. The SMILES string of the molecule is C=C/C=C(\C=C)c1ccc(-n2c3ccccc3c3c4sc5c(ccc6c5c5ccccc5n6-c5ccc(-c6ccccc6)cc5)c4ccc32)cc1. The molecule has 51 heavy (non-hydrogen) atoms. The standard InChI is InChI=1S/C48H32N2S/c1-3-12-31(4-2)33-19-23-35(24-20-33)49-41-17-10-8-15-39(41)45-43(49)29-27-37-38-28-30-44-46(48(38)51-47(37)45)40-16-9-11-18-42(40)50(44)36-25-21-34(22-26-36)32-13-6-5-7-14-32/h3-30H,1-2H2/b31-12+. The highest BCUT2D eigenvalue weighted by molar-refractivity contribution is 7.27. The van der Waals surface area contributed by atoms with Gasteiger partial charge in [0.15, 0.2) is 0 Å². The van der Waals surface area contributed by atoms with E-state index < -0.39 is 0 Å². The molecule has 0 saturated heterocycles. The molecule has 10 rings (SSSR count). The molecule has 2 nitrogen and oxygen atoms in total. The fourth-order valence-electron chi connectivity index (χ4n) is 8.00. The highest BCUT2D eigenvalue weighted by atomic mass is 32.1. The van der Waals surface area contributed by atoms with Crippen LogP contribution in [-0.4, -0.2) is 9.13 Å². The largest absolute Gasteiger partial charge is 0.309 e. The zero-order valence-electron chi connectivity index (χ0n) is 27.9. The second-order valence-corrected chi connectivity index (χ2v) is 14.0. The van der Waals surface area contributed by atoms with Gasteiger partial charge in [0.25, 0.3) is 0 Å². The Kier molecular flexibility index (Phi) is 6.70. The first-order valence-electron chi connectivity index (χ1n) is 17.3. The summed E-state index contributed by atoms with van der Waals surface area (Å²) < 4.78 is 7.49. The number of allylic oxidation sites excluding steroid dienone is 4. The van der Waals surface area contributed by atoms with Gasteiger partial charge in [0.2, 0.25) is 0 Å². The van der Waals surface area contributed by atoms with Crippen LogP contribution in [-0.2, 0) is 0 Å². The third-order valence-corrected chi connectivity index (χ3v) is 11.5. The molecule has 7 aromatic carbocycles. The van der Waals surface area contributed by atoms with E-state index in [2.05, 4.69) is 174 Å². The lowest BCUT2D eigenvalue weighted by Crippen LogP contribution is -1.94. The van der Waals surface area contributed by atoms with Crippen LogP contribution in [0, 0.1) is 0 Å². The van der Waals surface area contributed by atoms with Crippen LogP contribution >= 0.6 is 11.3 Å². The zero-order valence-corrected chi connectivity index (χ0v) is 28.7. The van der Waals surface area contributed by atoms with Gasteiger partial charge in [0.05, 0.1) is 22.1 Å². The first-order valence-corrected chi connectivity index (χ1v) is 18.1. The summed E-state index contributed by atoms with van der Waals surface area (Å²) in [4.78, 5) is 0. The van der Waals surface area contributed by atoms with Crippen LogP contribution in [0.15, 0.2) is 183 Å². The molecule has 0 aliphatic carbocycles. The topological polar surface area (TPSA) is 9.86 Å². The Morgan fingerprint density at radius 1 is 0.451 bits per heavy atom. The monoisotopic (exact) mass is 668 g/mol. The summed E-state index contributed by atoms with van der Waals surface area (Å²) in [6.45, 7) is 7.87. The molecule has 0 N–H and O–H groups in total. The second kappa shape index (κ2) is 11.6. The number of aromatic nitrogens is 2. The Bertz CT molecular complexity index is 3020. The maximum absolute atomic E-state index is 4.00. The summed E-state index contributed by atoms with van der Waals surface area (Å²) in [5.41, 5.74) is 11.8. The summed E-state index contributed by atoms with van der Waals surface area (Å²) in [6, 6.07) is 55.3. The average Bonchev–Trinajstić information content (AvgIpc) is 3.85. The summed E-state index contributed by atoms with van der Waals surface area (Å²) in [7, 11) is 0. The van der Waals surface area contributed by atoms with E-state index in [0.717, 1.165) is 22.5 Å². The van der Waals surface area contributed by atoms with E-state index in [1.807, 2.05) is 29.6 Å². The molecule has 0 aliphatic heterocycles. The van der Waals surface area contributed by atoms with Gasteiger partial charge in [-0.2, -0.15) is 0 Å². The lowest BCUT2D eigenvalue weighted by atomic mass is 10.0. The third kappa shape index (κ3) is 4.42. The van der Waals surface area contributed by atoms with Gasteiger partial charge in [-0.15, -0.1) is 11.3 Å². The summed E-state index contributed by atoms with van der Waals surface area (Å²) in [6.07, 6.45) is 5.69. The van der Waals surface area contributed by atoms with E-state index >= 15 is 0 Å². The van der Waals surface area contributed by atoms with E-state index in [0.29, 0.717) is 0 Å². The Labute approximate surface area is 299 Å². The van der Waals surface area contributed by atoms with Crippen molar-refractivity contribution < 1.29 is 0 Å². The predicted molar refractivity (Wildman–Crippen MR) is 222 cm³/mol. The molecule has 0 aliphatic rings. The van der Waals surface area contributed by atoms with Crippen molar-refractivity contribution in [3.05, 3.63) is 189 Å². The Morgan fingerprint density at radius 2 is 0.941 bits per heavy atom. The molecule has 0 amide bonds. The van der Waals surface area contributed by atoms with Crippen LogP contribution in [0.3, 0.4) is 0 Å². The Hall–Kier alpha value is -6.42. The van der Waals surface area contributed by atoms with Crippen molar-refractivity contribution in [2.75, 3.05) is 0 Å². The smallest absolute Gasteiger partial charge is 0.0555 e. The minimum absolute atomic E-state index is 1.06. The van der Waals surface area contributed by atoms with Crippen molar-refractivity contribution in [1.29, 1.82) is 0 Å². The molecule has 3 heteroatoms. The molecule has 0 saturated carbocycles. The van der Waals surface area contributed by atoms with Crippen molar-refractivity contribution in [3.63, 3.8) is 0 Å². The number of hydrogen-bond acceptors (Lipinski definition) is 1. The summed E-state index contributed by atoms with van der Waals surface area (Å²) in [5, 5.41) is 7.77. The van der Waals surface area contributed by atoms with Crippen molar-refractivity contribution in [2.24, 2.45) is 0 Å². The van der Waals surface area contributed by atoms with Crippen molar-refractivity contribution >= 4 is 80.7 Å². The minimum Gasteiger partial charge on any atom is -0.309 e. The average molecular weight is 669 g/mol. The molecule has 0 fully saturated rings. The fourth-order valence-corrected chi connectivity index (χ4v) is 9.41. The molecular weight excluding hydrogens is 637 g/mol. The minimum atomic E-state index is 1.06. The van der Waals surface area contributed by atoms with Gasteiger partial charge >= 0.3 is 0 Å². The van der Waals surface area contributed by atoms with Crippen molar-refractivity contribution in [3.8, 4) is 22.5 Å². The number of thiophene rings is 1. The van der Waals surface area contributed by atoms with Gasteiger partial charge in [0.1, 0.15) is 0 Å². The van der Waals surface area contributed by atoms with E-state index in [1.54, 1.807) is 0 Å². The first-order chi connectivity index (χ1) is 25.2. The quantitative estimate of drug-likeness (QED) is 0.156. The molecule has 0 radical (unpaired) electrons. The third-order valence-electron chi connectivity index (χ3n) is 10.3. The van der Waals surface area contributed by atoms with Crippen LogP contribution < -0.4 is 0 Å². The molecule has 3 aromatic heterocycles. The Balaban J connectivity index is 1.21. The fraction of sp³-hybridized carbons (Fsp3) is 0. The lowest BCUT2D eigenvalue weighted by molar-refractivity contribution is 1.18. The second-order valence-electron chi connectivity index (χ2n) is 13.0. The van der Waals surface area contributed by atoms with Gasteiger partial charge in [0, 0.05) is 53.1 Å². The normalized spacial score (nSPS) is 12.2. The summed E-state index contributed by atoms with van der Waals surface area (Å²) in [5.74, 6) is 0. The molecule has 0 unspecified atom stereocenters. The maximum atomic E-state index is 4.00. The molecule has 0 spiro atoms. The van der Waals surface area contributed by atoms with Gasteiger partial charge < -0.3 is 9.13 Å². The Morgan fingerprint density at radius 3 is 1.47 bits per heavy atom. The molecule has 0 atom stereocenters. The maximum Gasteiger partial charge on any atom is 0.0555 e. The van der Waals surface area contributed by atoms with Gasteiger partial charge in [-0.25, -0.2) is 0 Å². The number of fused-ring (bicyclic) bond motifs is 11. The number of nitrogens with zero attached hydrogens (tertiary/aromatic N) is 2. The summed E-state index contributed by atoms with van der Waals surface area (Å²) >= 11 is 1.93. The molecule has 10 aromatic rings. The van der Waals surface area contributed by atoms with Gasteiger partial charge in [-0.1, -0.05) is 135 Å². The van der Waals surface area contributed by atoms with Crippen LogP contribution in [0.1, 0.15) is 5.56 Å². The molecular formula is C48H32N2S. The molecule has 0 bridgehead atoms. The van der Waals surface area contributed by atoms with Gasteiger partial charge in [-0.3, -0.25) is 0 Å². The van der Waals surface area contributed by atoms with E-state index in [1.165, 1.54) is 74.9 Å². The van der Waals surface area contributed by atoms with Crippen LogP contribution in [0.25, 0.3) is 91.9 Å². The number of para-hydroxylation sites is 2. The predicted octanol–water partition coefficient (Wildman–Crippen LogP) is 13.7. The van der Waals surface area contributed by atoms with Crippen LogP contribution in [0.5, 0.6) is 0 Å². The lowest BCUT2D eigenvalue weighted by Gasteiger charge is -2.10. The zero-order chi connectivity index (χ0) is 34.1. The van der Waals surface area contributed by atoms with Gasteiger partial charge in [-0.05, 0) is 70.8 Å². The molecule has 240 valence electrons. The van der Waals surface area contributed by atoms with E-state index in [9.17, 15) is 0 Å². The highest BCUT2D eigenvalue weighted by Crippen LogP contribution is 2.47. The van der Waals surface area contributed by atoms with Crippen LogP contribution in [0.2, 0.25) is 0 Å². The van der Waals surface area contributed by atoms with Crippen molar-refractivity contribution in [1.82, 2.24) is 9.13 Å². The van der Waals surface area contributed by atoms with Crippen LogP contribution in [0.4, 0.5) is 0 Å². The number of hydrogen-bond donors (Lipinski definition) is 0. The number of rotatable bonds is 6. The van der Waals surface area contributed by atoms with Crippen molar-refractivity contribution in [2.45, 2.75) is 0 Å².